The van der Waals surface area contributed by atoms with Crippen LogP contribution in [-0.2, 0) is 11.2 Å². The van der Waals surface area contributed by atoms with E-state index in [0.717, 1.165) is 44.0 Å². The second-order valence-corrected chi connectivity index (χ2v) is 7.63. The van der Waals surface area contributed by atoms with Gasteiger partial charge in [0.05, 0.1) is 7.11 Å². The van der Waals surface area contributed by atoms with Crippen LogP contribution in [0.5, 0.6) is 5.75 Å². The third kappa shape index (κ3) is 4.97. The molecular weight excluding hydrogens is 312 g/mol. The average Bonchev–Trinajstić information content (AvgIpc) is 2.67. The number of rotatable bonds is 5. The monoisotopic (exact) mass is 344 g/mol. The molecule has 2 aliphatic heterocycles. The van der Waals surface area contributed by atoms with Crippen molar-refractivity contribution < 1.29 is 9.53 Å². The van der Waals surface area contributed by atoms with Crippen molar-refractivity contribution in [3.63, 3.8) is 0 Å². The van der Waals surface area contributed by atoms with E-state index in [0.29, 0.717) is 6.04 Å². The third-order valence-corrected chi connectivity index (χ3v) is 5.95. The van der Waals surface area contributed by atoms with Crippen molar-refractivity contribution in [2.24, 2.45) is 5.92 Å². The fourth-order valence-electron chi connectivity index (χ4n) is 4.41. The van der Waals surface area contributed by atoms with Crippen LogP contribution in [0, 0.1) is 5.92 Å². The van der Waals surface area contributed by atoms with Gasteiger partial charge in [-0.25, -0.2) is 0 Å². The van der Waals surface area contributed by atoms with Crippen molar-refractivity contribution in [2.75, 3.05) is 33.3 Å². The highest BCUT2D eigenvalue weighted by atomic mass is 16.5. The molecule has 3 rings (SSSR count). The molecule has 138 valence electrons. The topological polar surface area (TPSA) is 32.8 Å². The first-order valence-corrected chi connectivity index (χ1v) is 9.78. The number of nitrogens with zero attached hydrogens (tertiary/aromatic N) is 2. The number of carbonyl (C=O) groups is 1. The minimum absolute atomic E-state index is 0.230. The van der Waals surface area contributed by atoms with Gasteiger partial charge in [-0.3, -0.25) is 9.69 Å². The van der Waals surface area contributed by atoms with Crippen LogP contribution in [0.15, 0.2) is 24.3 Å². The molecule has 1 atom stereocenters. The number of ether oxygens (including phenoxy) is 1. The Labute approximate surface area is 152 Å². The van der Waals surface area contributed by atoms with E-state index in [1.54, 1.807) is 14.0 Å². The van der Waals surface area contributed by atoms with E-state index >= 15 is 0 Å². The number of amides is 1. The number of likely N-dealkylation sites (tertiary alicyclic amines) is 2. The van der Waals surface area contributed by atoms with E-state index in [-0.39, 0.29) is 5.91 Å². The van der Waals surface area contributed by atoms with Gasteiger partial charge in [0.1, 0.15) is 5.75 Å². The highest BCUT2D eigenvalue weighted by Crippen LogP contribution is 2.27. The SMILES string of the molecule is COc1cccc(CCC2CCCN(C3CCN(C(C)=O)CC3)C2)c1. The lowest BCUT2D eigenvalue weighted by molar-refractivity contribution is -0.130. The summed E-state index contributed by atoms with van der Waals surface area (Å²) in [5.74, 6) is 1.99. The van der Waals surface area contributed by atoms with E-state index in [1.807, 2.05) is 11.0 Å². The Morgan fingerprint density at radius 2 is 2.00 bits per heavy atom. The predicted octanol–water partition coefficient (Wildman–Crippen LogP) is 3.35. The maximum absolute atomic E-state index is 11.5. The molecule has 0 aromatic heterocycles. The molecule has 2 heterocycles. The van der Waals surface area contributed by atoms with Gasteiger partial charge >= 0.3 is 0 Å². The normalized spacial score (nSPS) is 22.8. The molecule has 4 nitrogen and oxygen atoms in total. The van der Waals surface area contributed by atoms with Crippen LogP contribution >= 0.6 is 0 Å². The van der Waals surface area contributed by atoms with Crippen molar-refractivity contribution in [3.05, 3.63) is 29.8 Å². The lowest BCUT2D eigenvalue weighted by atomic mass is 9.89. The fourth-order valence-corrected chi connectivity index (χ4v) is 4.41. The highest BCUT2D eigenvalue weighted by Gasteiger charge is 2.29. The molecule has 1 aromatic carbocycles. The zero-order chi connectivity index (χ0) is 17.6. The summed E-state index contributed by atoms with van der Waals surface area (Å²) >= 11 is 0. The number of aryl methyl sites for hydroxylation is 1. The first-order chi connectivity index (χ1) is 12.2. The van der Waals surface area contributed by atoms with Crippen molar-refractivity contribution in [2.45, 2.75) is 51.5 Å². The Hall–Kier alpha value is -1.55. The van der Waals surface area contributed by atoms with Crippen LogP contribution in [0.25, 0.3) is 0 Å². The molecule has 1 aromatic rings. The van der Waals surface area contributed by atoms with Crippen molar-refractivity contribution >= 4 is 5.91 Å². The van der Waals surface area contributed by atoms with E-state index in [2.05, 4.69) is 23.1 Å². The Morgan fingerprint density at radius 1 is 1.20 bits per heavy atom. The van der Waals surface area contributed by atoms with E-state index < -0.39 is 0 Å². The molecule has 0 aliphatic carbocycles. The number of hydrogen-bond donors (Lipinski definition) is 0. The van der Waals surface area contributed by atoms with Gasteiger partial charge in [-0.1, -0.05) is 12.1 Å². The largest absolute Gasteiger partial charge is 0.497 e. The summed E-state index contributed by atoms with van der Waals surface area (Å²) in [6.45, 7) is 6.03. The van der Waals surface area contributed by atoms with Crippen molar-refractivity contribution in [3.8, 4) is 5.75 Å². The Balaban J connectivity index is 1.47. The fraction of sp³-hybridized carbons (Fsp3) is 0.667. The lowest BCUT2D eigenvalue weighted by Crippen LogP contribution is -2.49. The molecule has 2 saturated heterocycles. The van der Waals surface area contributed by atoms with Gasteiger partial charge < -0.3 is 9.64 Å². The summed E-state index contributed by atoms with van der Waals surface area (Å²) in [5.41, 5.74) is 1.38. The van der Waals surface area contributed by atoms with Gasteiger partial charge in [0.15, 0.2) is 0 Å². The Kier molecular flexibility index (Phi) is 6.35. The Morgan fingerprint density at radius 3 is 2.72 bits per heavy atom. The quantitative estimate of drug-likeness (QED) is 0.821. The summed E-state index contributed by atoms with van der Waals surface area (Å²) < 4.78 is 5.33. The molecule has 4 heteroatoms. The van der Waals surface area contributed by atoms with Gasteiger partial charge in [0, 0.05) is 32.6 Å². The molecular formula is C21H32N2O2. The van der Waals surface area contributed by atoms with E-state index in [4.69, 9.17) is 4.74 Å². The smallest absolute Gasteiger partial charge is 0.219 e. The van der Waals surface area contributed by atoms with E-state index in [1.165, 1.54) is 37.9 Å². The third-order valence-electron chi connectivity index (χ3n) is 5.95. The zero-order valence-electron chi connectivity index (χ0n) is 15.7. The molecule has 2 aliphatic rings. The van der Waals surface area contributed by atoms with Gasteiger partial charge in [-0.2, -0.15) is 0 Å². The van der Waals surface area contributed by atoms with E-state index in [9.17, 15) is 4.79 Å². The van der Waals surface area contributed by atoms with Crippen molar-refractivity contribution in [1.82, 2.24) is 9.80 Å². The molecule has 1 unspecified atom stereocenters. The number of piperidine rings is 2. The highest BCUT2D eigenvalue weighted by molar-refractivity contribution is 5.73. The van der Waals surface area contributed by atoms with Crippen LogP contribution in [0.1, 0.15) is 44.6 Å². The molecule has 25 heavy (non-hydrogen) atoms. The van der Waals surface area contributed by atoms with Crippen LogP contribution in [-0.4, -0.2) is 55.0 Å². The predicted molar refractivity (Wildman–Crippen MR) is 101 cm³/mol. The van der Waals surface area contributed by atoms with Gasteiger partial charge in [0.2, 0.25) is 5.91 Å². The van der Waals surface area contributed by atoms with Crippen LogP contribution in [0.4, 0.5) is 0 Å². The van der Waals surface area contributed by atoms with Crippen LogP contribution in [0.2, 0.25) is 0 Å². The summed E-state index contributed by atoms with van der Waals surface area (Å²) in [4.78, 5) is 16.2. The second kappa shape index (κ2) is 8.70. The summed E-state index contributed by atoms with van der Waals surface area (Å²) in [5, 5.41) is 0. The van der Waals surface area contributed by atoms with Crippen molar-refractivity contribution in [1.29, 1.82) is 0 Å². The maximum Gasteiger partial charge on any atom is 0.219 e. The molecule has 0 radical (unpaired) electrons. The first-order valence-electron chi connectivity index (χ1n) is 9.78. The average molecular weight is 344 g/mol. The van der Waals surface area contributed by atoms with Crippen LogP contribution in [0.3, 0.4) is 0 Å². The second-order valence-electron chi connectivity index (χ2n) is 7.63. The van der Waals surface area contributed by atoms with Gasteiger partial charge in [0.25, 0.3) is 0 Å². The summed E-state index contributed by atoms with van der Waals surface area (Å²) in [6, 6.07) is 9.15. The minimum Gasteiger partial charge on any atom is -0.497 e. The number of carbonyl (C=O) groups excluding carboxylic acids is 1. The molecule has 2 fully saturated rings. The number of benzene rings is 1. The van der Waals surface area contributed by atoms with Crippen LogP contribution < -0.4 is 4.74 Å². The molecule has 0 N–H and O–H groups in total. The molecule has 1 amide bonds. The molecule has 0 saturated carbocycles. The summed E-state index contributed by atoms with van der Waals surface area (Å²) in [6.07, 6.45) is 7.35. The zero-order valence-corrected chi connectivity index (χ0v) is 15.7. The number of hydrogen-bond acceptors (Lipinski definition) is 3. The van der Waals surface area contributed by atoms with Gasteiger partial charge in [-0.15, -0.1) is 0 Å². The molecule has 0 bridgehead atoms. The number of methoxy groups -OCH3 is 1. The molecule has 0 spiro atoms. The minimum atomic E-state index is 0.230. The lowest BCUT2D eigenvalue weighted by Gasteiger charge is -2.42. The standard InChI is InChI=1S/C21H32N2O2/c1-17(24)22-13-10-20(11-14-22)23-12-4-6-19(16-23)9-8-18-5-3-7-21(15-18)25-2/h3,5,7,15,19-20H,4,6,8-14,16H2,1-2H3. The first kappa shape index (κ1) is 18.2. The Bertz CT molecular complexity index is 567. The van der Waals surface area contributed by atoms with Gasteiger partial charge in [-0.05, 0) is 68.7 Å². The maximum atomic E-state index is 11.5. The summed E-state index contributed by atoms with van der Waals surface area (Å²) in [7, 11) is 1.73.